The molecule has 0 atom stereocenters. The van der Waals surface area contributed by atoms with Crippen molar-refractivity contribution in [2.24, 2.45) is 0 Å². The molecule has 2 rings (SSSR count). The molecule has 0 unspecified atom stereocenters. The van der Waals surface area contributed by atoms with Crippen molar-refractivity contribution in [1.29, 1.82) is 0 Å². The predicted molar refractivity (Wildman–Crippen MR) is 88.8 cm³/mol. The van der Waals surface area contributed by atoms with Crippen LogP contribution in [0.15, 0.2) is 17.5 Å². The van der Waals surface area contributed by atoms with Gasteiger partial charge in [0.1, 0.15) is 6.61 Å². The van der Waals surface area contributed by atoms with E-state index in [1.54, 1.807) is 11.4 Å². The van der Waals surface area contributed by atoms with Gasteiger partial charge < -0.3 is 10.1 Å². The van der Waals surface area contributed by atoms with Crippen LogP contribution in [-0.4, -0.2) is 22.6 Å². The number of Topliss-reactive ketones (excluding diaryl/α,β-unsaturated/α-hetero) is 1. The van der Waals surface area contributed by atoms with Crippen molar-refractivity contribution < 1.29 is 19.1 Å². The highest BCUT2D eigenvalue weighted by Crippen LogP contribution is 2.18. The summed E-state index contributed by atoms with van der Waals surface area (Å²) in [6.45, 7) is 3.35. The lowest BCUT2D eigenvalue weighted by atomic mass is 10.2. The average molecular weight is 352 g/mol. The molecule has 0 aliphatic heterocycles. The lowest BCUT2D eigenvalue weighted by molar-refractivity contribution is -0.145. The summed E-state index contributed by atoms with van der Waals surface area (Å²) in [4.78, 5) is 40.3. The van der Waals surface area contributed by atoms with Crippen LogP contribution in [0.2, 0.25) is 0 Å². The third-order valence-corrected chi connectivity index (χ3v) is 4.64. The van der Waals surface area contributed by atoms with Crippen molar-refractivity contribution in [3.8, 4) is 0 Å². The number of hydrogen-bond acceptors (Lipinski definition) is 7. The molecule has 122 valence electrons. The number of thiophene rings is 1. The summed E-state index contributed by atoms with van der Waals surface area (Å²) in [5.74, 6) is -0.701. The molecule has 0 radical (unpaired) electrons. The molecule has 2 aromatic heterocycles. The molecule has 23 heavy (non-hydrogen) atoms. The number of nitrogens with one attached hydrogen (secondary N) is 1. The van der Waals surface area contributed by atoms with Crippen molar-refractivity contribution >= 4 is 45.5 Å². The van der Waals surface area contributed by atoms with E-state index in [9.17, 15) is 14.4 Å². The van der Waals surface area contributed by atoms with Crippen LogP contribution in [0.5, 0.6) is 0 Å². The third-order valence-electron chi connectivity index (χ3n) is 2.79. The molecule has 0 bridgehead atoms. The minimum absolute atomic E-state index is 0.0290. The number of amides is 1. The number of aromatic nitrogens is 1. The van der Waals surface area contributed by atoms with Crippen LogP contribution in [0.25, 0.3) is 0 Å². The lowest BCUT2D eigenvalue weighted by Gasteiger charge is -2.02. The molecule has 1 amide bonds. The number of nitrogens with zero attached hydrogens (tertiary/aromatic N) is 1. The molecule has 6 nitrogen and oxygen atoms in total. The minimum Gasteiger partial charge on any atom is -0.459 e. The zero-order chi connectivity index (χ0) is 16.8. The first-order valence-corrected chi connectivity index (χ1v) is 8.61. The number of anilines is 1. The van der Waals surface area contributed by atoms with Crippen LogP contribution in [-0.2, 0) is 20.9 Å². The Bertz CT molecular complexity index is 721. The van der Waals surface area contributed by atoms with Gasteiger partial charge >= 0.3 is 5.97 Å². The normalized spacial score (nSPS) is 10.3. The smallest absolute Gasteiger partial charge is 0.306 e. The summed E-state index contributed by atoms with van der Waals surface area (Å²) < 4.78 is 5.08. The Labute approximate surface area is 141 Å². The minimum atomic E-state index is -0.444. The molecule has 1 N–H and O–H groups in total. The highest BCUT2D eigenvalue weighted by atomic mass is 32.1. The fourth-order valence-corrected chi connectivity index (χ4v) is 3.31. The van der Waals surface area contributed by atoms with Crippen LogP contribution in [0.4, 0.5) is 5.13 Å². The van der Waals surface area contributed by atoms with Crippen molar-refractivity contribution in [2.45, 2.75) is 33.3 Å². The summed E-state index contributed by atoms with van der Waals surface area (Å²) in [5, 5.41) is 4.73. The van der Waals surface area contributed by atoms with Gasteiger partial charge in [-0.2, -0.15) is 0 Å². The summed E-state index contributed by atoms with van der Waals surface area (Å²) >= 11 is 2.68. The van der Waals surface area contributed by atoms with Crippen molar-refractivity contribution in [1.82, 2.24) is 4.98 Å². The highest BCUT2D eigenvalue weighted by molar-refractivity contribution is 7.14. The van der Waals surface area contributed by atoms with E-state index >= 15 is 0 Å². The second-order valence-corrected chi connectivity index (χ2v) is 6.97. The standard InChI is InChI=1S/C15H16N2O4S2/c1-9-3-5-13(23-9)12(19)4-6-14(20)21-7-11-8-22-15(17-11)16-10(2)18/h3,5,8H,4,6-7H2,1-2H3,(H,16,17,18). The second-order valence-electron chi connectivity index (χ2n) is 4.82. The van der Waals surface area contributed by atoms with E-state index in [0.717, 1.165) is 4.88 Å². The number of aryl methyl sites for hydroxylation is 1. The van der Waals surface area contributed by atoms with E-state index in [1.165, 1.54) is 29.6 Å². The fraction of sp³-hybridized carbons (Fsp3) is 0.333. The Morgan fingerprint density at radius 3 is 2.70 bits per heavy atom. The number of ketones is 1. The molecule has 0 spiro atoms. The first-order chi connectivity index (χ1) is 10.9. The molecular formula is C15H16N2O4S2. The van der Waals surface area contributed by atoms with Crippen molar-refractivity contribution in [3.63, 3.8) is 0 Å². The molecule has 2 heterocycles. The quantitative estimate of drug-likeness (QED) is 0.611. The van der Waals surface area contributed by atoms with Crippen LogP contribution in [0, 0.1) is 6.92 Å². The Morgan fingerprint density at radius 2 is 2.04 bits per heavy atom. The predicted octanol–water partition coefficient (Wildman–Crippen LogP) is 3.18. The zero-order valence-corrected chi connectivity index (χ0v) is 14.4. The summed E-state index contributed by atoms with van der Waals surface area (Å²) in [5.41, 5.74) is 0.562. The number of ether oxygens (including phenoxy) is 1. The Morgan fingerprint density at radius 1 is 1.26 bits per heavy atom. The van der Waals surface area contributed by atoms with Gasteiger partial charge in [-0.3, -0.25) is 14.4 Å². The SMILES string of the molecule is CC(=O)Nc1nc(COC(=O)CCC(=O)c2ccc(C)s2)cs1. The molecule has 0 aromatic carbocycles. The number of thiazole rings is 1. The first-order valence-electron chi connectivity index (χ1n) is 6.91. The molecular weight excluding hydrogens is 336 g/mol. The zero-order valence-electron chi connectivity index (χ0n) is 12.8. The number of carbonyl (C=O) groups is 3. The van der Waals surface area contributed by atoms with Gasteiger partial charge in [0.2, 0.25) is 5.91 Å². The number of hydrogen-bond donors (Lipinski definition) is 1. The number of rotatable bonds is 7. The maximum atomic E-state index is 11.9. The van der Waals surface area contributed by atoms with Crippen LogP contribution in [0.1, 0.15) is 40.0 Å². The van der Waals surface area contributed by atoms with Gasteiger partial charge in [-0.05, 0) is 19.1 Å². The van der Waals surface area contributed by atoms with Gasteiger partial charge in [0.15, 0.2) is 10.9 Å². The van der Waals surface area contributed by atoms with E-state index in [0.29, 0.717) is 15.7 Å². The van der Waals surface area contributed by atoms with E-state index in [1.807, 2.05) is 13.0 Å². The molecule has 8 heteroatoms. The summed E-state index contributed by atoms with van der Waals surface area (Å²) in [6.07, 6.45) is 0.172. The molecule has 0 aliphatic rings. The van der Waals surface area contributed by atoms with Crippen LogP contribution in [0.3, 0.4) is 0 Å². The number of esters is 1. The van der Waals surface area contributed by atoms with Crippen LogP contribution >= 0.6 is 22.7 Å². The van der Waals surface area contributed by atoms with Gasteiger partial charge in [-0.1, -0.05) is 0 Å². The Hall–Kier alpha value is -2.06. The average Bonchev–Trinajstić information content (AvgIpc) is 3.11. The maximum absolute atomic E-state index is 11.9. The lowest BCUT2D eigenvalue weighted by Crippen LogP contribution is -2.08. The highest BCUT2D eigenvalue weighted by Gasteiger charge is 2.12. The Kier molecular flexibility index (Phi) is 6.00. The third kappa shape index (κ3) is 5.57. The van der Waals surface area contributed by atoms with E-state index in [-0.39, 0.29) is 31.1 Å². The Balaban J connectivity index is 1.73. The van der Waals surface area contributed by atoms with E-state index < -0.39 is 5.97 Å². The molecule has 0 saturated carbocycles. The second kappa shape index (κ2) is 7.98. The molecule has 0 aliphatic carbocycles. The molecule has 0 fully saturated rings. The monoisotopic (exact) mass is 352 g/mol. The van der Waals surface area contributed by atoms with Gasteiger partial charge in [0, 0.05) is 23.6 Å². The van der Waals surface area contributed by atoms with Gasteiger partial charge in [-0.15, -0.1) is 22.7 Å². The summed E-state index contributed by atoms with van der Waals surface area (Å²) in [7, 11) is 0. The summed E-state index contributed by atoms with van der Waals surface area (Å²) in [6, 6.07) is 3.65. The topological polar surface area (TPSA) is 85.4 Å². The van der Waals surface area contributed by atoms with Gasteiger partial charge in [-0.25, -0.2) is 4.98 Å². The van der Waals surface area contributed by atoms with E-state index in [4.69, 9.17) is 4.74 Å². The number of carbonyl (C=O) groups excluding carboxylic acids is 3. The largest absolute Gasteiger partial charge is 0.459 e. The van der Waals surface area contributed by atoms with Crippen molar-refractivity contribution in [3.05, 3.63) is 33.0 Å². The van der Waals surface area contributed by atoms with E-state index in [2.05, 4.69) is 10.3 Å². The fourth-order valence-electron chi connectivity index (χ4n) is 1.73. The van der Waals surface area contributed by atoms with Crippen molar-refractivity contribution in [2.75, 3.05) is 5.32 Å². The van der Waals surface area contributed by atoms with Gasteiger partial charge in [0.05, 0.1) is 17.0 Å². The maximum Gasteiger partial charge on any atom is 0.306 e. The molecule has 0 saturated heterocycles. The van der Waals surface area contributed by atoms with Gasteiger partial charge in [0.25, 0.3) is 0 Å². The van der Waals surface area contributed by atoms with Crippen LogP contribution < -0.4 is 5.32 Å². The molecule has 2 aromatic rings. The first kappa shape index (κ1) is 17.3.